The minimum absolute atomic E-state index is 0.0218. The van der Waals surface area contributed by atoms with Gasteiger partial charge < -0.3 is 15.0 Å². The number of amides is 1. The summed E-state index contributed by atoms with van der Waals surface area (Å²) in [7, 11) is 0. The van der Waals surface area contributed by atoms with Crippen LogP contribution in [-0.2, 0) is 4.79 Å². The summed E-state index contributed by atoms with van der Waals surface area (Å²) in [5.41, 5.74) is 1.74. The zero-order chi connectivity index (χ0) is 12.3. The number of fused-ring (bicyclic) bond motifs is 1. The fraction of sp³-hybridized carbons (Fsp3) is 0.308. The van der Waals surface area contributed by atoms with Gasteiger partial charge in [-0.15, -0.1) is 6.58 Å². The van der Waals surface area contributed by atoms with E-state index in [9.17, 15) is 4.79 Å². The van der Waals surface area contributed by atoms with Gasteiger partial charge in [-0.3, -0.25) is 4.79 Å². The highest BCUT2D eigenvalue weighted by Gasteiger charge is 2.23. The molecule has 0 radical (unpaired) electrons. The van der Waals surface area contributed by atoms with Crippen molar-refractivity contribution in [2.45, 2.75) is 6.92 Å². The van der Waals surface area contributed by atoms with E-state index < -0.39 is 0 Å². The summed E-state index contributed by atoms with van der Waals surface area (Å²) in [6.07, 6.45) is 1.79. The minimum atomic E-state index is -0.0218. The van der Waals surface area contributed by atoms with Crippen LogP contribution in [0.1, 0.15) is 6.92 Å². The summed E-state index contributed by atoms with van der Waals surface area (Å²) < 4.78 is 5.51. The third-order valence-corrected chi connectivity index (χ3v) is 2.59. The molecule has 90 valence electrons. The van der Waals surface area contributed by atoms with E-state index in [2.05, 4.69) is 11.9 Å². The number of hydrogen-bond donors (Lipinski definition) is 1. The normalized spacial score (nSPS) is 13.9. The predicted octanol–water partition coefficient (Wildman–Crippen LogP) is 2.03. The Balaban J connectivity index is 2.41. The predicted molar refractivity (Wildman–Crippen MR) is 68.7 cm³/mol. The lowest BCUT2D eigenvalue weighted by molar-refractivity contribution is -0.115. The third-order valence-electron chi connectivity index (χ3n) is 2.59. The molecule has 0 aliphatic carbocycles. The lowest BCUT2D eigenvalue weighted by Gasteiger charge is -2.30. The number of carbonyl (C=O) groups excluding carboxylic acids is 1. The van der Waals surface area contributed by atoms with Gasteiger partial charge in [-0.1, -0.05) is 12.1 Å². The number of hydrogen-bond acceptors (Lipinski definition) is 3. The lowest BCUT2D eigenvalue weighted by atomic mass is 10.1. The SMILES string of the molecule is C=CCN1CC(=O)Nc2c(OCC)cccc21. The minimum Gasteiger partial charge on any atom is -0.492 e. The molecule has 0 spiro atoms. The topological polar surface area (TPSA) is 41.6 Å². The summed E-state index contributed by atoms with van der Waals surface area (Å²) in [6, 6.07) is 5.76. The Morgan fingerprint density at radius 2 is 2.41 bits per heavy atom. The van der Waals surface area contributed by atoms with Crippen LogP contribution in [0.15, 0.2) is 30.9 Å². The third kappa shape index (κ3) is 2.25. The second kappa shape index (κ2) is 4.91. The van der Waals surface area contributed by atoms with Crippen LogP contribution in [0.25, 0.3) is 0 Å². The zero-order valence-electron chi connectivity index (χ0n) is 9.90. The molecule has 0 bridgehead atoms. The molecule has 1 aliphatic heterocycles. The molecular weight excluding hydrogens is 216 g/mol. The van der Waals surface area contributed by atoms with Crippen LogP contribution in [0.2, 0.25) is 0 Å². The van der Waals surface area contributed by atoms with Crippen LogP contribution in [0.4, 0.5) is 11.4 Å². The second-order valence-electron chi connectivity index (χ2n) is 3.80. The summed E-state index contributed by atoms with van der Waals surface area (Å²) in [5, 5.41) is 2.86. The summed E-state index contributed by atoms with van der Waals surface area (Å²) in [5.74, 6) is 0.693. The van der Waals surface area contributed by atoms with Gasteiger partial charge in [0.15, 0.2) is 0 Å². The first-order valence-corrected chi connectivity index (χ1v) is 5.67. The van der Waals surface area contributed by atoms with Gasteiger partial charge in [0, 0.05) is 6.54 Å². The van der Waals surface area contributed by atoms with Crippen molar-refractivity contribution in [3.05, 3.63) is 30.9 Å². The molecule has 0 aromatic heterocycles. The van der Waals surface area contributed by atoms with Gasteiger partial charge in [0.05, 0.1) is 18.8 Å². The average molecular weight is 232 g/mol. The number of rotatable bonds is 4. The molecule has 1 N–H and O–H groups in total. The van der Waals surface area contributed by atoms with Crippen molar-refractivity contribution in [2.24, 2.45) is 0 Å². The highest BCUT2D eigenvalue weighted by atomic mass is 16.5. The van der Waals surface area contributed by atoms with E-state index in [-0.39, 0.29) is 5.91 Å². The van der Waals surface area contributed by atoms with Gasteiger partial charge in [-0.25, -0.2) is 0 Å². The van der Waals surface area contributed by atoms with Crippen LogP contribution in [0.3, 0.4) is 0 Å². The molecule has 1 aliphatic rings. The molecule has 1 amide bonds. The van der Waals surface area contributed by atoms with E-state index in [1.54, 1.807) is 6.08 Å². The molecule has 1 aromatic carbocycles. The number of nitrogens with zero attached hydrogens (tertiary/aromatic N) is 1. The van der Waals surface area contributed by atoms with Crippen LogP contribution in [-0.4, -0.2) is 25.6 Å². The van der Waals surface area contributed by atoms with Gasteiger partial charge in [0.2, 0.25) is 5.91 Å². The van der Waals surface area contributed by atoms with Crippen molar-refractivity contribution in [1.82, 2.24) is 0 Å². The van der Waals surface area contributed by atoms with Gasteiger partial charge in [0.25, 0.3) is 0 Å². The summed E-state index contributed by atoms with van der Waals surface area (Å²) in [4.78, 5) is 13.6. The number of carbonyl (C=O) groups is 1. The number of ether oxygens (including phenoxy) is 1. The standard InChI is InChI=1S/C13H16N2O2/c1-3-8-15-9-12(16)14-13-10(15)6-5-7-11(13)17-4-2/h3,5-7H,1,4,8-9H2,2H3,(H,14,16). The van der Waals surface area contributed by atoms with Gasteiger partial charge >= 0.3 is 0 Å². The van der Waals surface area contributed by atoms with Crippen LogP contribution >= 0.6 is 0 Å². The van der Waals surface area contributed by atoms with Crippen LogP contribution < -0.4 is 15.0 Å². The smallest absolute Gasteiger partial charge is 0.244 e. The van der Waals surface area contributed by atoms with Crippen molar-refractivity contribution in [2.75, 3.05) is 29.9 Å². The Bertz CT molecular complexity index is 443. The Labute approximate surface area is 101 Å². The first-order chi connectivity index (χ1) is 8.26. The maximum absolute atomic E-state index is 11.6. The van der Waals surface area contributed by atoms with Gasteiger partial charge in [-0.2, -0.15) is 0 Å². The van der Waals surface area contributed by atoms with Crippen LogP contribution in [0.5, 0.6) is 5.75 Å². The first kappa shape index (κ1) is 11.5. The van der Waals surface area contributed by atoms with Gasteiger partial charge in [-0.05, 0) is 19.1 Å². The highest BCUT2D eigenvalue weighted by Crippen LogP contribution is 2.37. The summed E-state index contributed by atoms with van der Waals surface area (Å²) in [6.45, 7) is 7.21. The molecule has 0 unspecified atom stereocenters. The van der Waals surface area contributed by atoms with E-state index in [1.807, 2.05) is 30.0 Å². The van der Waals surface area contributed by atoms with Gasteiger partial charge in [0.1, 0.15) is 11.4 Å². The fourth-order valence-corrected chi connectivity index (χ4v) is 1.94. The number of para-hydroxylation sites is 1. The average Bonchev–Trinajstić information content (AvgIpc) is 2.31. The Kier molecular flexibility index (Phi) is 3.32. The largest absolute Gasteiger partial charge is 0.492 e. The lowest BCUT2D eigenvalue weighted by Crippen LogP contribution is -2.38. The fourth-order valence-electron chi connectivity index (χ4n) is 1.94. The molecule has 0 atom stereocenters. The van der Waals surface area contributed by atoms with Crippen molar-refractivity contribution < 1.29 is 9.53 Å². The molecule has 4 heteroatoms. The number of anilines is 2. The second-order valence-corrected chi connectivity index (χ2v) is 3.80. The van der Waals surface area contributed by atoms with E-state index >= 15 is 0 Å². The van der Waals surface area contributed by atoms with Crippen molar-refractivity contribution in [1.29, 1.82) is 0 Å². The molecule has 0 fully saturated rings. The Morgan fingerprint density at radius 1 is 1.59 bits per heavy atom. The zero-order valence-corrected chi connectivity index (χ0v) is 9.90. The maximum atomic E-state index is 11.6. The molecule has 1 aromatic rings. The Morgan fingerprint density at radius 3 is 3.12 bits per heavy atom. The molecule has 0 saturated carbocycles. The number of benzene rings is 1. The van der Waals surface area contributed by atoms with Crippen molar-refractivity contribution >= 4 is 17.3 Å². The molecule has 2 rings (SSSR count). The van der Waals surface area contributed by atoms with Crippen molar-refractivity contribution in [3.63, 3.8) is 0 Å². The molecular formula is C13H16N2O2. The van der Waals surface area contributed by atoms with E-state index in [4.69, 9.17) is 4.74 Å². The quantitative estimate of drug-likeness (QED) is 0.808. The Hall–Kier alpha value is -1.97. The van der Waals surface area contributed by atoms with E-state index in [1.165, 1.54) is 0 Å². The molecule has 17 heavy (non-hydrogen) atoms. The monoisotopic (exact) mass is 232 g/mol. The molecule has 1 heterocycles. The van der Waals surface area contributed by atoms with Crippen LogP contribution in [0, 0.1) is 0 Å². The molecule has 4 nitrogen and oxygen atoms in total. The highest BCUT2D eigenvalue weighted by molar-refractivity contribution is 6.03. The maximum Gasteiger partial charge on any atom is 0.244 e. The number of nitrogens with one attached hydrogen (secondary N) is 1. The van der Waals surface area contributed by atoms with Crippen molar-refractivity contribution in [3.8, 4) is 5.75 Å². The molecule has 0 saturated heterocycles. The van der Waals surface area contributed by atoms with E-state index in [0.29, 0.717) is 25.4 Å². The summed E-state index contributed by atoms with van der Waals surface area (Å²) >= 11 is 0. The first-order valence-electron chi connectivity index (χ1n) is 5.67. The van der Waals surface area contributed by atoms with E-state index in [0.717, 1.165) is 11.4 Å².